The van der Waals surface area contributed by atoms with Gasteiger partial charge in [-0.25, -0.2) is 0 Å². The molecule has 0 radical (unpaired) electrons. The highest BCUT2D eigenvalue weighted by Crippen LogP contribution is 2.42. The molecule has 0 saturated carbocycles. The molecule has 1 heterocycles. The number of alkyl halides is 2. The first-order valence-electron chi connectivity index (χ1n) is 3.69. The van der Waals surface area contributed by atoms with Crippen molar-refractivity contribution >= 4 is 6.21 Å². The minimum absolute atomic E-state index is 0.0765. The summed E-state index contributed by atoms with van der Waals surface area (Å²) in [4.78, 5) is 0. The molecule has 2 rings (SSSR count). The van der Waals surface area contributed by atoms with Gasteiger partial charge in [0.15, 0.2) is 11.5 Å². The molecule has 1 N–H and O–H groups in total. The molecule has 0 bridgehead atoms. The number of rotatable bonds is 1. The molecule has 4 nitrogen and oxygen atoms in total. The van der Waals surface area contributed by atoms with Crippen LogP contribution in [0.4, 0.5) is 8.78 Å². The lowest BCUT2D eigenvalue weighted by Gasteiger charge is -2.04. The molecule has 0 aromatic heterocycles. The van der Waals surface area contributed by atoms with Crippen molar-refractivity contribution in [2.45, 2.75) is 6.29 Å². The van der Waals surface area contributed by atoms with Crippen LogP contribution in [0.5, 0.6) is 11.5 Å². The van der Waals surface area contributed by atoms with Crippen molar-refractivity contribution in [3.63, 3.8) is 0 Å². The van der Waals surface area contributed by atoms with Crippen molar-refractivity contribution in [2.24, 2.45) is 5.16 Å². The van der Waals surface area contributed by atoms with Gasteiger partial charge in [0, 0.05) is 5.56 Å². The first-order chi connectivity index (χ1) is 6.62. The number of fused-ring (bicyclic) bond motifs is 1. The fourth-order valence-electron chi connectivity index (χ4n) is 1.15. The Hall–Kier alpha value is -1.85. The van der Waals surface area contributed by atoms with Gasteiger partial charge in [-0.3, -0.25) is 0 Å². The molecule has 0 unspecified atom stereocenters. The number of benzene rings is 1. The van der Waals surface area contributed by atoms with Crippen LogP contribution in [-0.4, -0.2) is 17.7 Å². The van der Waals surface area contributed by atoms with Gasteiger partial charge in [-0.2, -0.15) is 0 Å². The van der Waals surface area contributed by atoms with Crippen molar-refractivity contribution in [1.82, 2.24) is 0 Å². The molecule has 0 spiro atoms. The average molecular weight is 201 g/mol. The fourth-order valence-corrected chi connectivity index (χ4v) is 1.15. The van der Waals surface area contributed by atoms with Gasteiger partial charge in [0.2, 0.25) is 0 Å². The monoisotopic (exact) mass is 201 g/mol. The highest BCUT2D eigenvalue weighted by atomic mass is 19.3. The third-order valence-electron chi connectivity index (χ3n) is 1.66. The lowest BCUT2D eigenvalue weighted by molar-refractivity contribution is -0.286. The molecule has 1 aliphatic rings. The Balaban J connectivity index is 2.46. The van der Waals surface area contributed by atoms with E-state index in [0.29, 0.717) is 0 Å². The molecule has 1 aliphatic heterocycles. The number of hydrogen-bond acceptors (Lipinski definition) is 4. The minimum atomic E-state index is -3.65. The van der Waals surface area contributed by atoms with Gasteiger partial charge >= 0.3 is 6.29 Å². The van der Waals surface area contributed by atoms with E-state index in [-0.39, 0.29) is 17.1 Å². The molecule has 1 aromatic rings. The fraction of sp³-hybridized carbons (Fsp3) is 0.125. The summed E-state index contributed by atoms with van der Waals surface area (Å²) in [6.45, 7) is 0. The maximum absolute atomic E-state index is 12.6. The maximum atomic E-state index is 12.6. The second-order valence-corrected chi connectivity index (χ2v) is 2.59. The summed E-state index contributed by atoms with van der Waals surface area (Å²) in [5, 5.41) is 11.0. The Bertz CT molecular complexity index is 392. The lowest BCUT2D eigenvalue weighted by Crippen LogP contribution is -2.26. The highest BCUT2D eigenvalue weighted by Gasteiger charge is 2.44. The van der Waals surface area contributed by atoms with Gasteiger partial charge in [0.25, 0.3) is 0 Å². The van der Waals surface area contributed by atoms with Gasteiger partial charge in [-0.05, 0) is 12.1 Å². The predicted molar refractivity (Wildman–Crippen MR) is 42.0 cm³/mol. The number of para-hydroxylation sites is 1. The highest BCUT2D eigenvalue weighted by molar-refractivity contribution is 5.84. The molecule has 0 fully saturated rings. The van der Waals surface area contributed by atoms with Crippen LogP contribution in [0.1, 0.15) is 5.56 Å². The maximum Gasteiger partial charge on any atom is 0.586 e. The smallest absolute Gasteiger partial charge is 0.411 e. The summed E-state index contributed by atoms with van der Waals surface area (Å²) in [6.07, 6.45) is -2.66. The number of nitrogens with zero attached hydrogens (tertiary/aromatic N) is 1. The van der Waals surface area contributed by atoms with Crippen LogP contribution in [0.25, 0.3) is 0 Å². The second kappa shape index (κ2) is 2.83. The van der Waals surface area contributed by atoms with Gasteiger partial charge in [-0.15, -0.1) is 8.78 Å². The standard InChI is InChI=1S/C8H5F2NO3/c9-8(10)13-6-3-1-2-5(4-11-12)7(6)14-8/h1-4,12H/b11-4-. The van der Waals surface area contributed by atoms with Crippen molar-refractivity contribution in [3.05, 3.63) is 23.8 Å². The van der Waals surface area contributed by atoms with Crippen LogP contribution in [0.3, 0.4) is 0 Å². The summed E-state index contributed by atoms with van der Waals surface area (Å²) in [6, 6.07) is 4.29. The Kier molecular flexibility index (Phi) is 1.77. The van der Waals surface area contributed by atoms with Crippen LogP contribution in [0.15, 0.2) is 23.4 Å². The number of hydrogen-bond donors (Lipinski definition) is 1. The van der Waals surface area contributed by atoms with Crippen molar-refractivity contribution < 1.29 is 23.5 Å². The van der Waals surface area contributed by atoms with E-state index in [1.165, 1.54) is 18.2 Å². The van der Waals surface area contributed by atoms with E-state index >= 15 is 0 Å². The number of halogens is 2. The molecule has 0 aliphatic carbocycles. The molecule has 0 atom stereocenters. The predicted octanol–water partition coefficient (Wildman–Crippen LogP) is 1.82. The normalized spacial score (nSPS) is 17.6. The molecular formula is C8H5F2NO3. The zero-order valence-electron chi connectivity index (χ0n) is 6.78. The van der Waals surface area contributed by atoms with Crippen LogP contribution in [0.2, 0.25) is 0 Å². The molecular weight excluding hydrogens is 196 g/mol. The number of ether oxygens (including phenoxy) is 2. The quantitative estimate of drug-likeness (QED) is 0.428. The van der Waals surface area contributed by atoms with Crippen LogP contribution < -0.4 is 9.47 Å². The number of oxime groups is 1. The van der Waals surface area contributed by atoms with Gasteiger partial charge in [0.1, 0.15) is 0 Å². The summed E-state index contributed by atoms with van der Waals surface area (Å²) in [5.74, 6) is -0.206. The SMILES string of the molecule is O/N=C\c1cccc2c1OC(F)(F)O2. The summed E-state index contributed by atoms with van der Waals surface area (Å²) < 4.78 is 33.6. The third-order valence-corrected chi connectivity index (χ3v) is 1.66. The van der Waals surface area contributed by atoms with E-state index in [4.69, 9.17) is 5.21 Å². The topological polar surface area (TPSA) is 51.1 Å². The van der Waals surface area contributed by atoms with Crippen molar-refractivity contribution in [3.8, 4) is 11.5 Å². The van der Waals surface area contributed by atoms with Crippen molar-refractivity contribution in [2.75, 3.05) is 0 Å². The first-order valence-corrected chi connectivity index (χ1v) is 3.69. The lowest BCUT2D eigenvalue weighted by atomic mass is 10.2. The Morgan fingerprint density at radius 2 is 2.14 bits per heavy atom. The van der Waals surface area contributed by atoms with Gasteiger partial charge in [0.05, 0.1) is 6.21 Å². The summed E-state index contributed by atoms with van der Waals surface area (Å²) in [7, 11) is 0. The molecule has 1 aromatic carbocycles. The molecule has 6 heteroatoms. The summed E-state index contributed by atoms with van der Waals surface area (Å²) >= 11 is 0. The zero-order chi connectivity index (χ0) is 10.2. The van der Waals surface area contributed by atoms with E-state index in [0.717, 1.165) is 6.21 Å². The first kappa shape index (κ1) is 8.74. The Labute approximate surface area is 77.4 Å². The molecule has 0 amide bonds. The van der Waals surface area contributed by atoms with E-state index in [1.54, 1.807) is 0 Å². The Morgan fingerprint density at radius 3 is 2.86 bits per heavy atom. The van der Waals surface area contributed by atoms with Crippen molar-refractivity contribution in [1.29, 1.82) is 0 Å². The minimum Gasteiger partial charge on any atom is -0.411 e. The second-order valence-electron chi connectivity index (χ2n) is 2.59. The van der Waals surface area contributed by atoms with Crippen LogP contribution >= 0.6 is 0 Å². The molecule has 74 valence electrons. The van der Waals surface area contributed by atoms with Gasteiger partial charge in [-0.1, -0.05) is 11.2 Å². The van der Waals surface area contributed by atoms with Crippen LogP contribution in [-0.2, 0) is 0 Å². The molecule has 14 heavy (non-hydrogen) atoms. The van der Waals surface area contributed by atoms with E-state index < -0.39 is 6.29 Å². The van der Waals surface area contributed by atoms with E-state index in [9.17, 15) is 8.78 Å². The zero-order valence-corrected chi connectivity index (χ0v) is 6.78. The van der Waals surface area contributed by atoms with E-state index in [2.05, 4.69) is 14.6 Å². The largest absolute Gasteiger partial charge is 0.586 e. The summed E-state index contributed by atoms with van der Waals surface area (Å²) in [5.41, 5.74) is 0.224. The third kappa shape index (κ3) is 1.34. The van der Waals surface area contributed by atoms with Crippen LogP contribution in [0, 0.1) is 0 Å². The Morgan fingerprint density at radius 1 is 1.36 bits per heavy atom. The molecule has 0 saturated heterocycles. The van der Waals surface area contributed by atoms with Gasteiger partial charge < -0.3 is 14.7 Å². The average Bonchev–Trinajstić information content (AvgIpc) is 2.41. The van der Waals surface area contributed by atoms with E-state index in [1.807, 2.05) is 0 Å².